The molecular weight excluding hydrogens is 192 g/mol. The molecule has 2 rings (SSSR count). The molecule has 3 heteroatoms. The summed E-state index contributed by atoms with van der Waals surface area (Å²) in [6, 6.07) is 2.86. The number of rotatable bonds is 3. The predicted molar refractivity (Wildman–Crippen MR) is 60.4 cm³/mol. The highest BCUT2D eigenvalue weighted by Gasteiger charge is 2.11. The highest BCUT2D eigenvalue weighted by molar-refractivity contribution is 7.05. The molecule has 14 heavy (non-hydrogen) atoms. The third-order valence-corrected chi connectivity index (χ3v) is 3.65. The Hall–Kier alpha value is -0.410. The van der Waals surface area contributed by atoms with Crippen LogP contribution in [0.2, 0.25) is 0 Å². The van der Waals surface area contributed by atoms with Crippen LogP contribution in [0.15, 0.2) is 12.3 Å². The lowest BCUT2D eigenvalue weighted by molar-refractivity contribution is 0.461. The van der Waals surface area contributed by atoms with Crippen LogP contribution in [0, 0.1) is 0 Å². The Morgan fingerprint density at radius 3 is 2.71 bits per heavy atom. The van der Waals surface area contributed by atoms with Crippen LogP contribution >= 0.6 is 11.5 Å². The number of aromatic nitrogens is 1. The molecule has 0 unspecified atom stereocenters. The molecule has 78 valence electrons. The van der Waals surface area contributed by atoms with Gasteiger partial charge >= 0.3 is 0 Å². The Labute approximate surface area is 89.9 Å². The first-order chi connectivity index (χ1) is 6.95. The predicted octanol–water partition coefficient (Wildman–Crippen LogP) is 2.96. The zero-order chi connectivity index (χ0) is 9.64. The van der Waals surface area contributed by atoms with E-state index in [9.17, 15) is 0 Å². The highest BCUT2D eigenvalue weighted by atomic mass is 32.1. The van der Waals surface area contributed by atoms with Gasteiger partial charge in [-0.25, -0.2) is 4.37 Å². The van der Waals surface area contributed by atoms with Crippen LogP contribution in [0.4, 0.5) is 0 Å². The lowest BCUT2D eigenvalue weighted by Crippen LogP contribution is -2.27. The van der Waals surface area contributed by atoms with E-state index in [0.717, 1.165) is 12.6 Å². The van der Waals surface area contributed by atoms with E-state index in [4.69, 9.17) is 0 Å². The van der Waals surface area contributed by atoms with Crippen LogP contribution in [-0.4, -0.2) is 10.4 Å². The Kier molecular flexibility index (Phi) is 3.95. The lowest BCUT2D eigenvalue weighted by Gasteiger charge is -2.14. The van der Waals surface area contributed by atoms with Crippen molar-refractivity contribution in [3.05, 3.63) is 17.1 Å². The first-order valence-corrected chi connectivity index (χ1v) is 6.35. The number of hydrogen-bond acceptors (Lipinski definition) is 3. The fraction of sp³-hybridized carbons (Fsp3) is 0.727. The van der Waals surface area contributed by atoms with Crippen molar-refractivity contribution in [2.24, 2.45) is 0 Å². The van der Waals surface area contributed by atoms with Gasteiger partial charge in [-0.05, 0) is 30.4 Å². The summed E-state index contributed by atoms with van der Waals surface area (Å²) in [4.78, 5) is 1.36. The molecule has 1 saturated carbocycles. The normalized spacial score (nSPS) is 19.4. The van der Waals surface area contributed by atoms with Gasteiger partial charge in [0, 0.05) is 23.7 Å². The van der Waals surface area contributed by atoms with Crippen molar-refractivity contribution < 1.29 is 0 Å². The summed E-state index contributed by atoms with van der Waals surface area (Å²) in [5.74, 6) is 0. The van der Waals surface area contributed by atoms with Gasteiger partial charge in [-0.15, -0.1) is 0 Å². The van der Waals surface area contributed by atoms with Crippen molar-refractivity contribution in [1.29, 1.82) is 0 Å². The molecule has 1 aliphatic carbocycles. The maximum Gasteiger partial charge on any atom is 0.0410 e. The van der Waals surface area contributed by atoms with Crippen molar-refractivity contribution >= 4 is 11.5 Å². The van der Waals surface area contributed by atoms with E-state index in [0.29, 0.717) is 0 Å². The smallest absolute Gasteiger partial charge is 0.0410 e. The van der Waals surface area contributed by atoms with E-state index in [2.05, 4.69) is 15.8 Å². The quantitative estimate of drug-likeness (QED) is 0.776. The zero-order valence-corrected chi connectivity index (χ0v) is 9.35. The van der Waals surface area contributed by atoms with E-state index in [1.807, 2.05) is 6.20 Å². The Morgan fingerprint density at radius 2 is 2.07 bits per heavy atom. The third-order valence-electron chi connectivity index (χ3n) is 2.91. The molecule has 0 amide bonds. The molecule has 1 aliphatic rings. The molecule has 0 atom stereocenters. The monoisotopic (exact) mass is 210 g/mol. The molecule has 1 aromatic rings. The van der Waals surface area contributed by atoms with Gasteiger partial charge in [0.05, 0.1) is 0 Å². The van der Waals surface area contributed by atoms with Crippen LogP contribution < -0.4 is 5.32 Å². The van der Waals surface area contributed by atoms with Crippen LogP contribution in [0.5, 0.6) is 0 Å². The molecule has 2 nitrogen and oxygen atoms in total. The van der Waals surface area contributed by atoms with Crippen LogP contribution in [0.1, 0.15) is 43.4 Å². The second-order valence-electron chi connectivity index (χ2n) is 4.05. The maximum absolute atomic E-state index is 4.11. The molecule has 0 aromatic carbocycles. The lowest BCUT2D eigenvalue weighted by atomic mass is 10.1. The number of hydrogen-bond donors (Lipinski definition) is 1. The van der Waals surface area contributed by atoms with Gasteiger partial charge in [0.15, 0.2) is 0 Å². The van der Waals surface area contributed by atoms with Gasteiger partial charge in [0.2, 0.25) is 0 Å². The van der Waals surface area contributed by atoms with Crippen molar-refractivity contribution in [2.45, 2.75) is 51.1 Å². The maximum atomic E-state index is 4.11. The zero-order valence-electron chi connectivity index (χ0n) is 8.54. The summed E-state index contributed by atoms with van der Waals surface area (Å²) < 4.78 is 4.11. The van der Waals surface area contributed by atoms with Crippen LogP contribution in [0.3, 0.4) is 0 Å². The summed E-state index contributed by atoms with van der Waals surface area (Å²) in [7, 11) is 0. The van der Waals surface area contributed by atoms with E-state index >= 15 is 0 Å². The molecule has 0 saturated heterocycles. The molecule has 0 aliphatic heterocycles. The number of nitrogens with one attached hydrogen (secondary N) is 1. The van der Waals surface area contributed by atoms with Gasteiger partial charge in [0.25, 0.3) is 0 Å². The highest BCUT2D eigenvalue weighted by Crippen LogP contribution is 2.17. The molecule has 1 heterocycles. The summed E-state index contributed by atoms with van der Waals surface area (Å²) in [5, 5.41) is 3.63. The van der Waals surface area contributed by atoms with Gasteiger partial charge < -0.3 is 5.32 Å². The summed E-state index contributed by atoms with van der Waals surface area (Å²) in [6.45, 7) is 1.01. The average Bonchev–Trinajstić information content (AvgIpc) is 2.58. The van der Waals surface area contributed by atoms with Gasteiger partial charge in [-0.3, -0.25) is 0 Å². The van der Waals surface area contributed by atoms with E-state index < -0.39 is 0 Å². The molecule has 1 aromatic heterocycles. The molecule has 1 fully saturated rings. The minimum absolute atomic E-state index is 0.750. The molecule has 0 bridgehead atoms. The fourth-order valence-corrected chi connectivity index (χ4v) is 2.59. The topological polar surface area (TPSA) is 24.9 Å². The summed E-state index contributed by atoms with van der Waals surface area (Å²) in [5.41, 5.74) is 0. The van der Waals surface area contributed by atoms with Crippen molar-refractivity contribution in [3.8, 4) is 0 Å². The second-order valence-corrected chi connectivity index (χ2v) is 4.97. The van der Waals surface area contributed by atoms with Crippen LogP contribution in [-0.2, 0) is 6.54 Å². The Balaban J connectivity index is 1.73. The van der Waals surface area contributed by atoms with Crippen molar-refractivity contribution in [3.63, 3.8) is 0 Å². The van der Waals surface area contributed by atoms with Crippen molar-refractivity contribution in [1.82, 2.24) is 9.69 Å². The Morgan fingerprint density at radius 1 is 1.29 bits per heavy atom. The fourth-order valence-electron chi connectivity index (χ4n) is 2.06. The molecule has 1 N–H and O–H groups in total. The molecule has 0 radical (unpaired) electrons. The minimum atomic E-state index is 0.750. The second kappa shape index (κ2) is 5.47. The largest absolute Gasteiger partial charge is 0.309 e. The SMILES string of the molecule is c1cc(CNC2CCCCCC2)sn1. The van der Waals surface area contributed by atoms with E-state index in [1.165, 1.54) is 43.4 Å². The molecular formula is C11H18N2S. The molecule has 0 spiro atoms. The summed E-state index contributed by atoms with van der Waals surface area (Å²) in [6.07, 6.45) is 10.3. The van der Waals surface area contributed by atoms with E-state index in [1.54, 1.807) is 11.5 Å². The van der Waals surface area contributed by atoms with Gasteiger partial charge in [-0.2, -0.15) is 0 Å². The van der Waals surface area contributed by atoms with Gasteiger partial charge in [-0.1, -0.05) is 25.7 Å². The van der Waals surface area contributed by atoms with E-state index in [-0.39, 0.29) is 0 Å². The standard InChI is InChI=1S/C11H18N2S/c1-2-4-6-10(5-3-1)12-9-11-7-8-13-14-11/h7-8,10,12H,1-6,9H2. The van der Waals surface area contributed by atoms with Crippen molar-refractivity contribution in [2.75, 3.05) is 0 Å². The summed E-state index contributed by atoms with van der Waals surface area (Å²) >= 11 is 1.60. The average molecular weight is 210 g/mol. The minimum Gasteiger partial charge on any atom is -0.309 e. The first-order valence-electron chi connectivity index (χ1n) is 5.58. The third kappa shape index (κ3) is 3.07. The first kappa shape index (κ1) is 10.1. The Bertz CT molecular complexity index is 238. The van der Waals surface area contributed by atoms with Gasteiger partial charge in [0.1, 0.15) is 0 Å². The van der Waals surface area contributed by atoms with Crippen LogP contribution in [0.25, 0.3) is 0 Å². The number of nitrogens with zero attached hydrogens (tertiary/aromatic N) is 1.